The highest BCUT2D eigenvalue weighted by atomic mass is 16.3. The zero-order valence-electron chi connectivity index (χ0n) is 25.6. The normalized spacial score (nSPS) is 19.2. The molecule has 12 heteroatoms. The third-order valence-corrected chi connectivity index (χ3v) is 8.59. The Labute approximate surface area is 261 Å². The molecule has 3 saturated heterocycles. The molecule has 4 amide bonds. The number of anilines is 1. The third kappa shape index (κ3) is 7.16. The van der Waals surface area contributed by atoms with Crippen LogP contribution in [0.2, 0.25) is 0 Å². The number of carbonyl (C=O) groups is 4. The van der Waals surface area contributed by atoms with E-state index in [9.17, 15) is 19.2 Å². The smallest absolute Gasteiger partial charge is 0.272 e. The summed E-state index contributed by atoms with van der Waals surface area (Å²) in [5.41, 5.74) is 1.82. The van der Waals surface area contributed by atoms with E-state index in [1.807, 2.05) is 36.1 Å². The van der Waals surface area contributed by atoms with Crippen molar-refractivity contribution in [3.63, 3.8) is 0 Å². The first-order valence-corrected chi connectivity index (χ1v) is 15.8. The molecule has 3 aromatic rings. The standard InChI is InChI=1S/C33H39N7O5/c1-22-18-24-19-25(9-10-28(24)45-22)35-33(37-30(42)23-11-12-34-27(20-23)32(44)39-15-6-7-16-39)36-26-8-2-3-17-40(31(26)43)21-29(41)38-13-4-5-14-38/h9-12,18-20,26H,2-8,13-17,21H2,1H3,(H2,35,36,37,42)/t26-/m0/s1. The van der Waals surface area contributed by atoms with E-state index in [-0.39, 0.29) is 41.5 Å². The number of guanidine groups is 1. The number of nitrogens with one attached hydrogen (secondary N) is 2. The zero-order valence-corrected chi connectivity index (χ0v) is 25.6. The van der Waals surface area contributed by atoms with Crippen LogP contribution < -0.4 is 10.6 Å². The second-order valence-electron chi connectivity index (χ2n) is 12.0. The lowest BCUT2D eigenvalue weighted by Gasteiger charge is -2.25. The number of hydrogen-bond acceptors (Lipinski definition) is 7. The summed E-state index contributed by atoms with van der Waals surface area (Å²) in [5.74, 6) is -0.120. The van der Waals surface area contributed by atoms with E-state index in [0.717, 1.165) is 68.3 Å². The summed E-state index contributed by atoms with van der Waals surface area (Å²) in [7, 11) is 0. The average Bonchev–Trinajstić information content (AvgIpc) is 3.82. The molecular weight excluding hydrogens is 574 g/mol. The van der Waals surface area contributed by atoms with Crippen molar-refractivity contribution < 1.29 is 23.6 Å². The summed E-state index contributed by atoms with van der Waals surface area (Å²) in [5, 5.41) is 6.90. The molecule has 236 valence electrons. The summed E-state index contributed by atoms with van der Waals surface area (Å²) in [4.78, 5) is 67.2. The van der Waals surface area contributed by atoms with E-state index in [2.05, 4.69) is 15.6 Å². The van der Waals surface area contributed by atoms with E-state index in [1.54, 1.807) is 9.80 Å². The Morgan fingerprint density at radius 2 is 1.67 bits per heavy atom. The lowest BCUT2D eigenvalue weighted by atomic mass is 10.1. The lowest BCUT2D eigenvalue weighted by molar-refractivity contribution is -0.140. The minimum absolute atomic E-state index is 0.0291. The number of nitrogens with zero attached hydrogens (tertiary/aromatic N) is 5. The quantitative estimate of drug-likeness (QED) is 0.320. The van der Waals surface area contributed by atoms with E-state index < -0.39 is 11.9 Å². The topological polar surface area (TPSA) is 140 Å². The van der Waals surface area contributed by atoms with Crippen LogP contribution in [0.5, 0.6) is 0 Å². The molecule has 5 heterocycles. The molecule has 3 fully saturated rings. The van der Waals surface area contributed by atoms with Gasteiger partial charge in [0.25, 0.3) is 11.8 Å². The highest BCUT2D eigenvalue weighted by Gasteiger charge is 2.31. The number of pyridine rings is 1. The van der Waals surface area contributed by atoms with Crippen molar-refractivity contribution in [1.29, 1.82) is 0 Å². The Morgan fingerprint density at radius 3 is 2.44 bits per heavy atom. The van der Waals surface area contributed by atoms with Crippen LogP contribution in [0.15, 0.2) is 52.0 Å². The largest absolute Gasteiger partial charge is 0.461 e. The van der Waals surface area contributed by atoms with Crippen molar-refractivity contribution in [3.8, 4) is 0 Å². The molecule has 0 radical (unpaired) electrons. The summed E-state index contributed by atoms with van der Waals surface area (Å²) in [6.07, 6.45) is 7.31. The molecule has 1 atom stereocenters. The number of furan rings is 1. The number of likely N-dealkylation sites (tertiary alicyclic amines) is 3. The van der Waals surface area contributed by atoms with Crippen LogP contribution in [0.1, 0.15) is 71.6 Å². The van der Waals surface area contributed by atoms with Gasteiger partial charge in [-0.1, -0.05) is 0 Å². The molecule has 0 aliphatic carbocycles. The van der Waals surface area contributed by atoms with Crippen LogP contribution >= 0.6 is 0 Å². The van der Waals surface area contributed by atoms with Gasteiger partial charge < -0.3 is 24.4 Å². The maximum absolute atomic E-state index is 13.7. The van der Waals surface area contributed by atoms with Crippen molar-refractivity contribution in [2.75, 3.05) is 44.6 Å². The van der Waals surface area contributed by atoms with Crippen molar-refractivity contribution in [3.05, 3.63) is 59.6 Å². The number of benzene rings is 1. The number of fused-ring (bicyclic) bond motifs is 1. The van der Waals surface area contributed by atoms with Crippen LogP contribution in [0.25, 0.3) is 11.0 Å². The van der Waals surface area contributed by atoms with Crippen molar-refractivity contribution in [1.82, 2.24) is 25.0 Å². The molecule has 0 bridgehead atoms. The van der Waals surface area contributed by atoms with Gasteiger partial charge in [-0.25, -0.2) is 4.99 Å². The fourth-order valence-corrected chi connectivity index (χ4v) is 6.18. The van der Waals surface area contributed by atoms with Gasteiger partial charge in [-0.15, -0.1) is 0 Å². The number of amides is 4. The highest BCUT2D eigenvalue weighted by Crippen LogP contribution is 2.23. The van der Waals surface area contributed by atoms with Gasteiger partial charge in [0.15, 0.2) is 0 Å². The predicted molar refractivity (Wildman–Crippen MR) is 169 cm³/mol. The van der Waals surface area contributed by atoms with E-state index in [4.69, 9.17) is 9.41 Å². The van der Waals surface area contributed by atoms with Crippen molar-refractivity contribution in [2.45, 2.75) is 57.9 Å². The molecule has 3 aliphatic rings. The summed E-state index contributed by atoms with van der Waals surface area (Å²) in [6.45, 7) is 5.19. The maximum atomic E-state index is 13.7. The van der Waals surface area contributed by atoms with Gasteiger partial charge >= 0.3 is 0 Å². The number of carbonyl (C=O) groups excluding carboxylic acids is 4. The molecular formula is C33H39N7O5. The summed E-state index contributed by atoms with van der Waals surface area (Å²) < 4.78 is 5.70. The Kier molecular flexibility index (Phi) is 9.08. The van der Waals surface area contributed by atoms with Gasteiger partial charge in [-0.2, -0.15) is 0 Å². The van der Waals surface area contributed by atoms with Crippen LogP contribution in [0.4, 0.5) is 5.69 Å². The Bertz CT molecular complexity index is 1620. The first-order chi connectivity index (χ1) is 21.8. The van der Waals surface area contributed by atoms with Gasteiger partial charge in [0.1, 0.15) is 23.1 Å². The van der Waals surface area contributed by atoms with Gasteiger partial charge in [0, 0.05) is 55.6 Å². The molecule has 0 unspecified atom stereocenters. The number of rotatable bonds is 6. The molecule has 45 heavy (non-hydrogen) atoms. The van der Waals surface area contributed by atoms with Crippen LogP contribution in [-0.4, -0.2) is 94.6 Å². The fraction of sp³-hybridized carbons (Fsp3) is 0.455. The van der Waals surface area contributed by atoms with E-state index in [0.29, 0.717) is 31.7 Å². The molecule has 12 nitrogen and oxygen atoms in total. The van der Waals surface area contributed by atoms with Crippen LogP contribution in [-0.2, 0) is 9.59 Å². The van der Waals surface area contributed by atoms with Crippen LogP contribution in [0.3, 0.4) is 0 Å². The maximum Gasteiger partial charge on any atom is 0.272 e. The molecule has 6 rings (SSSR count). The first kappa shape index (κ1) is 30.3. The first-order valence-electron chi connectivity index (χ1n) is 15.8. The van der Waals surface area contributed by atoms with Crippen molar-refractivity contribution in [2.24, 2.45) is 4.99 Å². The number of aryl methyl sites for hydroxylation is 1. The minimum Gasteiger partial charge on any atom is -0.461 e. The Balaban J connectivity index is 1.25. The third-order valence-electron chi connectivity index (χ3n) is 8.59. The molecule has 3 aliphatic heterocycles. The van der Waals surface area contributed by atoms with Gasteiger partial charge in [-0.05, 0) is 88.3 Å². The molecule has 0 saturated carbocycles. The predicted octanol–water partition coefficient (Wildman–Crippen LogP) is 3.57. The second kappa shape index (κ2) is 13.5. The molecule has 0 spiro atoms. The monoisotopic (exact) mass is 613 g/mol. The molecule has 2 N–H and O–H groups in total. The second-order valence-corrected chi connectivity index (χ2v) is 12.0. The lowest BCUT2D eigenvalue weighted by Crippen LogP contribution is -2.45. The van der Waals surface area contributed by atoms with Gasteiger partial charge in [-0.3, -0.25) is 29.5 Å². The zero-order chi connectivity index (χ0) is 31.3. The number of aromatic nitrogens is 1. The van der Waals surface area contributed by atoms with Gasteiger partial charge in [0.05, 0.1) is 6.54 Å². The summed E-state index contributed by atoms with van der Waals surface area (Å²) in [6, 6.07) is 9.66. The van der Waals surface area contributed by atoms with Crippen LogP contribution in [0, 0.1) is 6.92 Å². The van der Waals surface area contributed by atoms with E-state index >= 15 is 0 Å². The van der Waals surface area contributed by atoms with Crippen molar-refractivity contribution >= 4 is 46.2 Å². The minimum atomic E-state index is -0.786. The number of aliphatic imine (C=N–C) groups is 1. The Hall–Kier alpha value is -4.74. The summed E-state index contributed by atoms with van der Waals surface area (Å²) >= 11 is 0. The highest BCUT2D eigenvalue weighted by molar-refractivity contribution is 6.11. The SMILES string of the molecule is Cc1cc2cc(NC(=N[C@H]3CCCCN(CC(=O)N4CCCC4)C3=O)NC(=O)c3ccnc(C(=O)N4CCCC4)c3)ccc2o1. The fourth-order valence-electron chi connectivity index (χ4n) is 6.18. The van der Waals surface area contributed by atoms with E-state index in [1.165, 1.54) is 18.3 Å². The Morgan fingerprint density at radius 1 is 0.933 bits per heavy atom. The molecule has 2 aromatic heterocycles. The molecule has 1 aromatic carbocycles. The number of hydrogen-bond donors (Lipinski definition) is 2. The van der Waals surface area contributed by atoms with Gasteiger partial charge in [0.2, 0.25) is 17.8 Å². The average molecular weight is 614 g/mol.